The van der Waals surface area contributed by atoms with Gasteiger partial charge in [0.25, 0.3) is 0 Å². The molecule has 3 aromatic carbocycles. The van der Waals surface area contributed by atoms with Gasteiger partial charge >= 0.3 is 0 Å². The van der Waals surface area contributed by atoms with Crippen molar-refractivity contribution in [1.29, 1.82) is 0 Å². The smallest absolute Gasteiger partial charge is 0.203 e. The topological polar surface area (TPSA) is 47.6 Å². The second-order valence-electron chi connectivity index (χ2n) is 12.2. The molecule has 1 aliphatic heterocycles. The van der Waals surface area contributed by atoms with Crippen LogP contribution in [0, 0.1) is 6.92 Å². The Morgan fingerprint density at radius 1 is 0.774 bits per heavy atom. The van der Waals surface area contributed by atoms with Crippen molar-refractivity contribution in [2.75, 3.05) is 52.7 Å². The van der Waals surface area contributed by atoms with Gasteiger partial charge in [0, 0.05) is 44.5 Å². The van der Waals surface area contributed by atoms with Crippen LogP contribution >= 0.6 is 0 Å². The summed E-state index contributed by atoms with van der Waals surface area (Å²) in [7, 11) is 8.27. The Morgan fingerprint density at radius 2 is 1.36 bits per heavy atom. The van der Waals surface area contributed by atoms with Crippen LogP contribution in [0.4, 0.5) is 5.69 Å². The summed E-state index contributed by atoms with van der Waals surface area (Å²) in [5, 5.41) is 1.18. The number of hydrogen-bond donors (Lipinski definition) is 0. The fourth-order valence-electron chi connectivity index (χ4n) is 5.46. The third-order valence-electron chi connectivity index (χ3n) is 8.28. The van der Waals surface area contributed by atoms with Crippen LogP contribution in [-0.2, 0) is 0 Å². The number of aliphatic imine (C=N–C) groups is 1. The number of hydrogen-bond acceptors (Lipinski definition) is 4. The minimum absolute atomic E-state index is 0. The normalized spacial score (nSPS) is 10.9. The molecular weight excluding hydrogens is 697 g/mol. The number of anilines is 1. The first-order chi connectivity index (χ1) is 23.7. The van der Waals surface area contributed by atoms with E-state index in [1.165, 1.54) is 44.6 Å². The number of aryl methyl sites for hydroxylation is 1. The first-order valence-electron chi connectivity index (χ1n) is 17.0. The van der Waals surface area contributed by atoms with Crippen LogP contribution in [-0.4, -0.2) is 69.8 Å². The van der Waals surface area contributed by atoms with E-state index < -0.39 is 0 Å². The molecule has 6 nitrogen and oxygen atoms in total. The molecule has 0 saturated carbocycles. The second kappa shape index (κ2) is 23.7. The zero-order valence-corrected chi connectivity index (χ0v) is 32.7. The molecule has 0 spiro atoms. The summed E-state index contributed by atoms with van der Waals surface area (Å²) in [5.41, 5.74) is 11.2. The molecule has 284 valence electrons. The van der Waals surface area contributed by atoms with Crippen molar-refractivity contribution in [1.82, 2.24) is 9.56 Å². The highest BCUT2D eigenvalue weighted by Crippen LogP contribution is 2.30. The fourth-order valence-corrected chi connectivity index (χ4v) is 5.46. The summed E-state index contributed by atoms with van der Waals surface area (Å²) in [4.78, 5) is 10.3. The van der Waals surface area contributed by atoms with Gasteiger partial charge in [-0.2, -0.15) is 0 Å². The highest BCUT2D eigenvalue weighted by molar-refractivity contribution is 6.04. The van der Waals surface area contributed by atoms with Crippen LogP contribution in [0.3, 0.4) is 0 Å². The maximum absolute atomic E-state index is 6.02. The van der Waals surface area contributed by atoms with Crippen molar-refractivity contribution < 1.29 is 33.8 Å². The fraction of sp³-hybridized carbons (Fsp3) is 0.289. The number of fused-ring (bicyclic) bond motifs is 2. The molecule has 8 heteroatoms. The lowest BCUT2D eigenvalue weighted by atomic mass is 9.90. The lowest BCUT2D eigenvalue weighted by Crippen LogP contribution is -3.00. The van der Waals surface area contributed by atoms with Gasteiger partial charge in [0.15, 0.2) is 17.1 Å². The Labute approximate surface area is 331 Å². The molecule has 0 saturated heterocycles. The summed E-state index contributed by atoms with van der Waals surface area (Å²) < 4.78 is 10.4. The summed E-state index contributed by atoms with van der Waals surface area (Å²) in [6.07, 6.45) is 8.76. The van der Waals surface area contributed by atoms with E-state index in [1.807, 2.05) is 25.1 Å². The number of allylic oxidation sites excluding steroid dienone is 5. The standard InChI is InChI=1S/C23H25N2.C17H19N2O.C3H7N.2CH4.2ClH/c1-24(2)21-14-10-19(11-15-21)23(18-8-6-5-7-9-18)20-12-16-22(17-13-20)25(3)4;1-4-19(5-2)13-7-9-15-17(11-13)20-16-10-12(3)6-8-14(16)18-15;1-3-4-2;;;;/h5-17H,1-4H3;6-11H,4-5H2,1-3H3;2-3H2,1H3;2*1H4;2*1H/q2*+1;;;;;/p-2. The molecule has 6 rings (SSSR count). The van der Waals surface area contributed by atoms with Crippen molar-refractivity contribution in [2.24, 2.45) is 4.99 Å². The Morgan fingerprint density at radius 3 is 1.89 bits per heavy atom. The van der Waals surface area contributed by atoms with Crippen LogP contribution < -0.4 is 39.6 Å². The average molecular weight is 757 g/mol. The zero-order valence-electron chi connectivity index (χ0n) is 31.2. The van der Waals surface area contributed by atoms with Gasteiger partial charge in [-0.1, -0.05) is 63.4 Å². The van der Waals surface area contributed by atoms with E-state index in [0.717, 1.165) is 42.2 Å². The van der Waals surface area contributed by atoms with Gasteiger partial charge in [-0.05, 0) is 105 Å². The highest BCUT2D eigenvalue weighted by atomic mass is 35.5. The largest absolute Gasteiger partial charge is 1.00 e. The van der Waals surface area contributed by atoms with Gasteiger partial charge < -0.3 is 39.1 Å². The van der Waals surface area contributed by atoms with Crippen LogP contribution in [0.5, 0.6) is 0 Å². The summed E-state index contributed by atoms with van der Waals surface area (Å²) in [6.45, 7) is 14.4. The molecule has 0 aromatic heterocycles. The quantitative estimate of drug-likeness (QED) is 0.152. The minimum atomic E-state index is 0. The molecule has 0 unspecified atom stereocenters. The minimum Gasteiger partial charge on any atom is -1.00 e. The number of halogens is 2. The molecule has 1 heterocycles. The molecule has 0 bridgehead atoms. The molecule has 0 N–H and O–H groups in total. The first kappa shape index (κ1) is 48.2. The van der Waals surface area contributed by atoms with Crippen molar-refractivity contribution in [3.63, 3.8) is 0 Å². The Bertz CT molecular complexity index is 2010. The lowest BCUT2D eigenvalue weighted by Gasteiger charge is -2.16. The monoisotopic (exact) mass is 755 g/mol. The van der Waals surface area contributed by atoms with E-state index in [9.17, 15) is 0 Å². The van der Waals surface area contributed by atoms with Crippen molar-refractivity contribution in [2.45, 2.75) is 42.5 Å². The van der Waals surface area contributed by atoms with Crippen molar-refractivity contribution in [3.8, 4) is 11.5 Å². The number of nitrogens with zero attached hydrogens (tertiary/aromatic N) is 5. The van der Waals surface area contributed by atoms with E-state index >= 15 is 0 Å². The van der Waals surface area contributed by atoms with Crippen LogP contribution in [0.15, 0.2) is 130 Å². The SMILES string of the molecule is C.C.C=NCC.CC[N+](CC)=c1ccc2nc3ccc(C)cc3oc-2c1.CN(C)c1ccc(C(=C2C=CC(=[N+](C)C)C=C2)c2ccccc2)cc1.[Cl-].[Cl-]. The van der Waals surface area contributed by atoms with Gasteiger partial charge in [0.1, 0.15) is 38.4 Å². The van der Waals surface area contributed by atoms with E-state index in [1.54, 1.807) is 0 Å². The maximum atomic E-state index is 6.02. The van der Waals surface area contributed by atoms with Crippen LogP contribution in [0.1, 0.15) is 52.3 Å². The lowest BCUT2D eigenvalue weighted by molar-refractivity contribution is -0.462. The predicted octanol–water partition coefficient (Wildman–Crippen LogP) is 3.43. The molecule has 2 aliphatic carbocycles. The van der Waals surface area contributed by atoms with Crippen LogP contribution in [0.25, 0.3) is 28.1 Å². The molecule has 0 fully saturated rings. The van der Waals surface area contributed by atoms with Crippen molar-refractivity contribution in [3.05, 3.63) is 143 Å². The van der Waals surface area contributed by atoms with E-state index in [2.05, 4.69) is 177 Å². The summed E-state index contributed by atoms with van der Waals surface area (Å²) >= 11 is 0. The van der Waals surface area contributed by atoms with E-state index in [4.69, 9.17) is 4.42 Å². The number of benzene rings is 4. The average Bonchev–Trinajstić information content (AvgIpc) is 3.12. The van der Waals surface area contributed by atoms with E-state index in [0.29, 0.717) is 0 Å². The number of rotatable bonds is 6. The predicted molar refractivity (Wildman–Crippen MR) is 224 cm³/mol. The van der Waals surface area contributed by atoms with E-state index in [-0.39, 0.29) is 39.7 Å². The van der Waals surface area contributed by atoms with Gasteiger partial charge in [0.2, 0.25) is 5.36 Å². The maximum Gasteiger partial charge on any atom is 0.203 e. The van der Waals surface area contributed by atoms with Crippen molar-refractivity contribution >= 4 is 34.8 Å². The summed E-state index contributed by atoms with van der Waals surface area (Å²) in [6, 6.07) is 31.7. The molecule has 0 atom stereocenters. The third-order valence-corrected chi connectivity index (χ3v) is 8.28. The van der Waals surface area contributed by atoms with Gasteiger partial charge in [-0.15, -0.1) is 0 Å². The molecular formula is C45H59Cl2N5O. The Hall–Kier alpha value is -4.78. The Balaban J connectivity index is 0.000000880. The van der Waals surface area contributed by atoms with Gasteiger partial charge in [-0.25, -0.2) is 14.1 Å². The highest BCUT2D eigenvalue weighted by Gasteiger charge is 2.14. The molecule has 3 aliphatic rings. The molecule has 0 amide bonds. The van der Waals surface area contributed by atoms with Gasteiger partial charge in [-0.3, -0.25) is 0 Å². The molecule has 3 aromatic rings. The van der Waals surface area contributed by atoms with Crippen LogP contribution in [0.2, 0.25) is 0 Å². The first-order valence-corrected chi connectivity index (χ1v) is 17.0. The van der Waals surface area contributed by atoms with Gasteiger partial charge in [0.05, 0.1) is 6.07 Å². The molecule has 53 heavy (non-hydrogen) atoms. The second-order valence-corrected chi connectivity index (χ2v) is 12.2. The Kier molecular flexibility index (Phi) is 21.6. The molecule has 0 radical (unpaired) electrons. The third kappa shape index (κ3) is 13.0. The zero-order chi connectivity index (χ0) is 35.3. The summed E-state index contributed by atoms with van der Waals surface area (Å²) in [5.74, 6) is 0.840. The number of aromatic nitrogens is 1.